The molecule has 0 aliphatic rings. The zero-order valence-electron chi connectivity index (χ0n) is 14.7. The monoisotopic (exact) mass is 370 g/mol. The van der Waals surface area contributed by atoms with E-state index >= 15 is 0 Å². The zero-order valence-corrected chi connectivity index (χ0v) is 15.6. The molecule has 0 aliphatic heterocycles. The van der Waals surface area contributed by atoms with Crippen LogP contribution in [0, 0.1) is 0 Å². The Labute approximate surface area is 157 Å². The largest absolute Gasteiger partial charge is 0.339 e. The lowest BCUT2D eigenvalue weighted by molar-refractivity contribution is -0.117. The smallest absolute Gasteiger partial charge is 0.270 e. The molecule has 6 nitrogen and oxygen atoms in total. The van der Waals surface area contributed by atoms with E-state index in [9.17, 15) is 9.59 Å². The zero-order chi connectivity index (χ0) is 18.5. The number of carbonyl (C=O) groups is 2. The number of nitrogens with zero attached hydrogens (tertiary/aromatic N) is 2. The first-order chi connectivity index (χ1) is 12.6. The first kappa shape index (κ1) is 18.4. The minimum Gasteiger partial charge on any atom is -0.339 e. The van der Waals surface area contributed by atoms with E-state index in [1.54, 1.807) is 13.1 Å². The maximum absolute atomic E-state index is 12.5. The second-order valence-corrected chi connectivity index (χ2v) is 7.05. The SMILES string of the molecule is CC(=O)CCCCCC(S)NC(=O)c1[nH]nc2c1ccc1cccnc12. The van der Waals surface area contributed by atoms with Gasteiger partial charge in [-0.25, -0.2) is 0 Å². The van der Waals surface area contributed by atoms with Crippen molar-refractivity contribution in [3.63, 3.8) is 0 Å². The number of hydrogen-bond donors (Lipinski definition) is 3. The molecule has 0 aliphatic carbocycles. The molecule has 1 aromatic carbocycles. The molecule has 0 saturated carbocycles. The fourth-order valence-corrected chi connectivity index (χ4v) is 3.27. The number of hydrogen-bond acceptors (Lipinski definition) is 5. The van der Waals surface area contributed by atoms with Gasteiger partial charge in [0.25, 0.3) is 5.91 Å². The van der Waals surface area contributed by atoms with Crippen LogP contribution in [-0.4, -0.2) is 32.2 Å². The van der Waals surface area contributed by atoms with Crippen LogP contribution >= 0.6 is 12.6 Å². The Balaban J connectivity index is 1.63. The molecule has 2 aromatic heterocycles. The molecule has 136 valence electrons. The molecule has 1 atom stereocenters. The molecule has 1 amide bonds. The molecule has 3 aromatic rings. The maximum atomic E-state index is 12.5. The number of Topliss-reactive ketones (excluding diaryl/α,β-unsaturated/α-hetero) is 1. The number of rotatable bonds is 8. The number of benzene rings is 1. The Hall–Kier alpha value is -2.41. The second-order valence-electron chi connectivity index (χ2n) is 6.43. The van der Waals surface area contributed by atoms with Gasteiger partial charge in [-0.15, -0.1) is 0 Å². The van der Waals surface area contributed by atoms with Crippen molar-refractivity contribution in [2.24, 2.45) is 0 Å². The lowest BCUT2D eigenvalue weighted by Crippen LogP contribution is -2.31. The summed E-state index contributed by atoms with van der Waals surface area (Å²) in [7, 11) is 0. The van der Waals surface area contributed by atoms with Gasteiger partial charge >= 0.3 is 0 Å². The number of carbonyl (C=O) groups excluding carboxylic acids is 2. The number of H-pyrrole nitrogens is 1. The van der Waals surface area contributed by atoms with Crippen LogP contribution in [0.15, 0.2) is 30.5 Å². The van der Waals surface area contributed by atoms with Gasteiger partial charge in [-0.2, -0.15) is 17.7 Å². The van der Waals surface area contributed by atoms with Crippen molar-refractivity contribution < 1.29 is 9.59 Å². The molecule has 2 heterocycles. The summed E-state index contributed by atoms with van der Waals surface area (Å²) < 4.78 is 0. The predicted molar refractivity (Wildman–Crippen MR) is 105 cm³/mol. The highest BCUT2D eigenvalue weighted by atomic mass is 32.1. The molecule has 1 unspecified atom stereocenters. The van der Waals surface area contributed by atoms with Gasteiger partial charge in [0.05, 0.1) is 10.9 Å². The Kier molecular flexibility index (Phi) is 5.88. The fraction of sp³-hybridized carbons (Fsp3) is 0.368. The normalized spacial score (nSPS) is 12.4. The second kappa shape index (κ2) is 8.31. The number of amides is 1. The Bertz CT molecular complexity index is 938. The number of unbranched alkanes of at least 4 members (excludes halogenated alkanes) is 2. The number of aromatic nitrogens is 3. The highest BCUT2D eigenvalue weighted by molar-refractivity contribution is 7.80. The van der Waals surface area contributed by atoms with Crippen molar-refractivity contribution in [1.29, 1.82) is 0 Å². The van der Waals surface area contributed by atoms with Crippen molar-refractivity contribution in [2.75, 3.05) is 0 Å². The minimum absolute atomic E-state index is 0.217. The summed E-state index contributed by atoms with van der Waals surface area (Å²) in [6.07, 6.45) is 5.84. The Morgan fingerprint density at radius 2 is 2.04 bits per heavy atom. The average Bonchev–Trinajstić information content (AvgIpc) is 3.05. The molecule has 7 heteroatoms. The highest BCUT2D eigenvalue weighted by Gasteiger charge is 2.17. The lowest BCUT2D eigenvalue weighted by atomic mass is 10.1. The summed E-state index contributed by atoms with van der Waals surface area (Å²) in [5.74, 6) is -0.0135. The fourth-order valence-electron chi connectivity index (χ4n) is 2.97. The van der Waals surface area contributed by atoms with Crippen molar-refractivity contribution in [1.82, 2.24) is 20.5 Å². The molecule has 0 saturated heterocycles. The molecule has 2 N–H and O–H groups in total. The number of thiol groups is 1. The molecule has 0 fully saturated rings. The molecule has 0 bridgehead atoms. The molecule has 26 heavy (non-hydrogen) atoms. The Morgan fingerprint density at radius 1 is 1.19 bits per heavy atom. The molecular weight excluding hydrogens is 348 g/mol. The van der Waals surface area contributed by atoms with Crippen molar-refractivity contribution in [3.8, 4) is 0 Å². The van der Waals surface area contributed by atoms with Crippen LogP contribution in [0.5, 0.6) is 0 Å². The topological polar surface area (TPSA) is 87.7 Å². The van der Waals surface area contributed by atoms with Crippen LogP contribution in [-0.2, 0) is 4.79 Å². The van der Waals surface area contributed by atoms with Crippen LogP contribution in [0.4, 0.5) is 0 Å². The third-order valence-corrected chi connectivity index (χ3v) is 4.72. The van der Waals surface area contributed by atoms with Crippen molar-refractivity contribution >= 4 is 46.1 Å². The van der Waals surface area contributed by atoms with Gasteiger partial charge in [0.1, 0.15) is 17.0 Å². The van der Waals surface area contributed by atoms with E-state index in [2.05, 4.69) is 33.1 Å². The standard InChI is InChI=1S/C19H22N4O2S/c1-12(24)6-3-2-4-8-15(26)21-19(25)18-14-10-9-13-7-5-11-20-16(13)17(14)22-23-18/h5,7,9-11,15,26H,2-4,6,8H2,1H3,(H,21,25)(H,22,23). The molecule has 0 spiro atoms. The van der Waals surface area contributed by atoms with E-state index in [-0.39, 0.29) is 17.1 Å². The average molecular weight is 370 g/mol. The third-order valence-electron chi connectivity index (χ3n) is 4.33. The molecular formula is C19H22N4O2S. The molecule has 3 rings (SSSR count). The van der Waals surface area contributed by atoms with E-state index in [4.69, 9.17) is 0 Å². The Morgan fingerprint density at radius 3 is 2.85 bits per heavy atom. The summed E-state index contributed by atoms with van der Waals surface area (Å²) in [6.45, 7) is 1.61. The first-order valence-corrected chi connectivity index (χ1v) is 9.28. The van der Waals surface area contributed by atoms with E-state index < -0.39 is 0 Å². The quantitative estimate of drug-likeness (QED) is 0.321. The number of nitrogens with one attached hydrogen (secondary N) is 2. The van der Waals surface area contributed by atoms with E-state index in [0.717, 1.165) is 42.0 Å². The van der Waals surface area contributed by atoms with Gasteiger partial charge in [-0.3, -0.25) is 14.9 Å². The van der Waals surface area contributed by atoms with Gasteiger partial charge < -0.3 is 10.1 Å². The summed E-state index contributed by atoms with van der Waals surface area (Å²) in [4.78, 5) is 27.8. The van der Waals surface area contributed by atoms with Crippen molar-refractivity contribution in [2.45, 2.75) is 44.4 Å². The minimum atomic E-state index is -0.239. The van der Waals surface area contributed by atoms with Crippen LogP contribution in [0.1, 0.15) is 49.5 Å². The van der Waals surface area contributed by atoms with Crippen LogP contribution in [0.25, 0.3) is 21.8 Å². The third kappa shape index (κ3) is 4.22. The van der Waals surface area contributed by atoms with Gasteiger partial charge in [0.15, 0.2) is 0 Å². The van der Waals surface area contributed by atoms with E-state index in [1.165, 1.54) is 0 Å². The van der Waals surface area contributed by atoms with Crippen LogP contribution in [0.2, 0.25) is 0 Å². The number of pyridine rings is 1. The first-order valence-electron chi connectivity index (χ1n) is 8.76. The van der Waals surface area contributed by atoms with Crippen LogP contribution < -0.4 is 5.32 Å². The summed E-state index contributed by atoms with van der Waals surface area (Å²) in [5, 5.41) is 11.5. The van der Waals surface area contributed by atoms with Crippen molar-refractivity contribution in [3.05, 3.63) is 36.2 Å². The summed E-state index contributed by atoms with van der Waals surface area (Å²) in [6, 6.07) is 7.65. The van der Waals surface area contributed by atoms with Gasteiger partial charge in [-0.05, 0) is 31.9 Å². The summed E-state index contributed by atoms with van der Waals surface area (Å²) >= 11 is 4.45. The van der Waals surface area contributed by atoms with Gasteiger partial charge in [0.2, 0.25) is 0 Å². The van der Waals surface area contributed by atoms with Gasteiger partial charge in [-0.1, -0.05) is 25.0 Å². The number of fused-ring (bicyclic) bond motifs is 3. The van der Waals surface area contributed by atoms with E-state index in [0.29, 0.717) is 17.6 Å². The summed E-state index contributed by atoms with van der Waals surface area (Å²) in [5.41, 5.74) is 1.88. The molecule has 0 radical (unpaired) electrons. The lowest BCUT2D eigenvalue weighted by Gasteiger charge is -2.12. The predicted octanol–water partition coefficient (Wildman–Crippen LogP) is 3.64. The van der Waals surface area contributed by atoms with Gasteiger partial charge in [0, 0.05) is 23.4 Å². The maximum Gasteiger partial charge on any atom is 0.270 e. The van der Waals surface area contributed by atoms with Crippen LogP contribution in [0.3, 0.4) is 0 Å². The number of aromatic amines is 1. The highest BCUT2D eigenvalue weighted by Crippen LogP contribution is 2.24. The number of ketones is 1. The van der Waals surface area contributed by atoms with E-state index in [1.807, 2.05) is 24.3 Å².